The van der Waals surface area contributed by atoms with Crippen LogP contribution in [0.1, 0.15) is 43.0 Å². The Morgan fingerprint density at radius 1 is 1.47 bits per heavy atom. The van der Waals surface area contributed by atoms with Gasteiger partial charge in [0.2, 0.25) is 0 Å². The van der Waals surface area contributed by atoms with E-state index in [2.05, 4.69) is 37.0 Å². The van der Waals surface area contributed by atoms with Crippen molar-refractivity contribution >= 4 is 5.76 Å². The quantitative estimate of drug-likeness (QED) is 0.785. The van der Waals surface area contributed by atoms with E-state index < -0.39 is 0 Å². The van der Waals surface area contributed by atoms with Crippen LogP contribution in [0.5, 0.6) is 0 Å². The van der Waals surface area contributed by atoms with Gasteiger partial charge in [-0.15, -0.1) is 0 Å². The molecule has 92 valence electrons. The second-order valence-electron chi connectivity index (χ2n) is 4.42. The van der Waals surface area contributed by atoms with Crippen LogP contribution in [0.25, 0.3) is 5.76 Å². The van der Waals surface area contributed by atoms with Crippen molar-refractivity contribution in [3.05, 3.63) is 41.5 Å². The summed E-state index contributed by atoms with van der Waals surface area (Å²) in [5.74, 6) is 0.780. The van der Waals surface area contributed by atoms with Gasteiger partial charge in [-0.25, -0.2) is 0 Å². The van der Waals surface area contributed by atoms with Gasteiger partial charge >= 0.3 is 0 Å². The third-order valence-electron chi connectivity index (χ3n) is 3.31. The highest BCUT2D eigenvalue weighted by molar-refractivity contribution is 5.59. The molecule has 0 saturated heterocycles. The lowest BCUT2D eigenvalue weighted by molar-refractivity contribution is 0.299. The van der Waals surface area contributed by atoms with E-state index in [1.54, 1.807) is 0 Å². The summed E-state index contributed by atoms with van der Waals surface area (Å²) in [6.45, 7) is 9.80. The van der Waals surface area contributed by atoms with E-state index in [4.69, 9.17) is 4.74 Å². The van der Waals surface area contributed by atoms with E-state index in [1.165, 1.54) is 17.5 Å². The molecule has 17 heavy (non-hydrogen) atoms. The number of ether oxygens (including phenoxy) is 1. The van der Waals surface area contributed by atoms with Crippen LogP contribution in [0.4, 0.5) is 0 Å². The standard InChI is InChI=1S/C15H21NO/c1-4-16-15-9-7-13-10-12(6-8-14(13)15)11(3)17-5-2/h6,8,10,15-16H,3-5,7,9H2,1-2H3. The van der Waals surface area contributed by atoms with Crippen molar-refractivity contribution in [3.63, 3.8) is 0 Å². The lowest BCUT2D eigenvalue weighted by Gasteiger charge is -2.13. The van der Waals surface area contributed by atoms with Gasteiger partial charge in [0.1, 0.15) is 5.76 Å². The molecule has 0 spiro atoms. The monoisotopic (exact) mass is 231 g/mol. The molecular weight excluding hydrogens is 210 g/mol. The van der Waals surface area contributed by atoms with E-state index in [-0.39, 0.29) is 0 Å². The molecule has 0 aliphatic heterocycles. The number of hydrogen-bond donors (Lipinski definition) is 1. The van der Waals surface area contributed by atoms with E-state index in [1.807, 2.05) is 6.92 Å². The summed E-state index contributed by atoms with van der Waals surface area (Å²) >= 11 is 0. The maximum atomic E-state index is 5.45. The molecule has 0 saturated carbocycles. The Hall–Kier alpha value is -1.28. The second-order valence-corrected chi connectivity index (χ2v) is 4.42. The van der Waals surface area contributed by atoms with Gasteiger partial charge in [0, 0.05) is 11.6 Å². The van der Waals surface area contributed by atoms with Crippen LogP contribution in [0, 0.1) is 0 Å². The molecule has 2 rings (SSSR count). The van der Waals surface area contributed by atoms with E-state index in [0.717, 1.165) is 24.3 Å². The summed E-state index contributed by atoms with van der Waals surface area (Å²) in [5.41, 5.74) is 4.00. The van der Waals surface area contributed by atoms with Crippen LogP contribution >= 0.6 is 0 Å². The molecule has 1 atom stereocenters. The highest BCUT2D eigenvalue weighted by Crippen LogP contribution is 2.32. The molecule has 2 nitrogen and oxygen atoms in total. The Kier molecular flexibility index (Phi) is 3.85. The van der Waals surface area contributed by atoms with Crippen molar-refractivity contribution in [1.29, 1.82) is 0 Å². The molecular formula is C15H21NO. The fraction of sp³-hybridized carbons (Fsp3) is 0.467. The Balaban J connectivity index is 2.19. The van der Waals surface area contributed by atoms with Gasteiger partial charge in [-0.2, -0.15) is 0 Å². The summed E-state index contributed by atoms with van der Waals surface area (Å²) in [6, 6.07) is 7.09. The first-order chi connectivity index (χ1) is 8.26. The molecule has 0 aromatic heterocycles. The molecule has 0 heterocycles. The molecule has 1 aliphatic rings. The topological polar surface area (TPSA) is 21.3 Å². The molecule has 1 aromatic carbocycles. The number of hydrogen-bond acceptors (Lipinski definition) is 2. The fourth-order valence-electron chi connectivity index (χ4n) is 2.51. The van der Waals surface area contributed by atoms with Crippen molar-refractivity contribution in [3.8, 4) is 0 Å². The van der Waals surface area contributed by atoms with Crippen LogP contribution in [-0.4, -0.2) is 13.2 Å². The van der Waals surface area contributed by atoms with Gasteiger partial charge in [-0.05, 0) is 43.5 Å². The van der Waals surface area contributed by atoms with Crippen LogP contribution in [0.2, 0.25) is 0 Å². The van der Waals surface area contributed by atoms with Gasteiger partial charge in [-0.1, -0.05) is 25.6 Å². The van der Waals surface area contributed by atoms with Crippen molar-refractivity contribution in [1.82, 2.24) is 5.32 Å². The molecule has 1 aliphatic carbocycles. The smallest absolute Gasteiger partial charge is 0.119 e. The zero-order valence-electron chi connectivity index (χ0n) is 10.8. The number of rotatable bonds is 5. The predicted molar refractivity (Wildman–Crippen MR) is 71.8 cm³/mol. The first-order valence-electron chi connectivity index (χ1n) is 6.44. The van der Waals surface area contributed by atoms with Crippen LogP contribution in [0.3, 0.4) is 0 Å². The summed E-state index contributed by atoms with van der Waals surface area (Å²) < 4.78 is 5.45. The minimum Gasteiger partial charge on any atom is -0.494 e. The predicted octanol–water partition coefficient (Wildman–Crippen LogP) is 3.29. The Bertz CT molecular complexity index is 411. The third kappa shape index (κ3) is 2.52. The number of benzene rings is 1. The largest absolute Gasteiger partial charge is 0.494 e. The Morgan fingerprint density at radius 3 is 3.00 bits per heavy atom. The molecule has 0 radical (unpaired) electrons. The lowest BCUT2D eigenvalue weighted by Crippen LogP contribution is -2.18. The number of nitrogens with one attached hydrogen (secondary N) is 1. The van der Waals surface area contributed by atoms with Gasteiger partial charge in [-0.3, -0.25) is 0 Å². The minimum atomic E-state index is 0.532. The Labute approximate surface area is 104 Å². The van der Waals surface area contributed by atoms with Gasteiger partial charge < -0.3 is 10.1 Å². The first-order valence-corrected chi connectivity index (χ1v) is 6.44. The van der Waals surface area contributed by atoms with Crippen molar-refractivity contribution in [2.24, 2.45) is 0 Å². The normalized spacial score (nSPS) is 17.9. The first kappa shape index (κ1) is 12.2. The highest BCUT2D eigenvalue weighted by Gasteiger charge is 2.21. The molecule has 0 bridgehead atoms. The van der Waals surface area contributed by atoms with Crippen molar-refractivity contribution in [2.75, 3.05) is 13.2 Å². The summed E-state index contributed by atoms with van der Waals surface area (Å²) in [4.78, 5) is 0. The van der Waals surface area contributed by atoms with Gasteiger partial charge in [0.15, 0.2) is 0 Å². The van der Waals surface area contributed by atoms with E-state index in [9.17, 15) is 0 Å². The summed E-state index contributed by atoms with van der Waals surface area (Å²) in [7, 11) is 0. The molecule has 0 fully saturated rings. The molecule has 1 unspecified atom stereocenters. The van der Waals surface area contributed by atoms with Crippen LogP contribution in [-0.2, 0) is 11.2 Å². The van der Waals surface area contributed by atoms with Crippen molar-refractivity contribution < 1.29 is 4.74 Å². The maximum Gasteiger partial charge on any atom is 0.119 e. The second kappa shape index (κ2) is 5.37. The molecule has 1 aromatic rings. The van der Waals surface area contributed by atoms with Gasteiger partial charge in [0.25, 0.3) is 0 Å². The fourth-order valence-corrected chi connectivity index (χ4v) is 2.51. The number of fused-ring (bicyclic) bond motifs is 1. The average Bonchev–Trinajstić information content (AvgIpc) is 2.73. The third-order valence-corrected chi connectivity index (χ3v) is 3.31. The zero-order valence-corrected chi connectivity index (χ0v) is 10.8. The van der Waals surface area contributed by atoms with Gasteiger partial charge in [0.05, 0.1) is 6.61 Å². The van der Waals surface area contributed by atoms with E-state index >= 15 is 0 Å². The average molecular weight is 231 g/mol. The maximum absolute atomic E-state index is 5.45. The lowest BCUT2D eigenvalue weighted by atomic mass is 10.0. The van der Waals surface area contributed by atoms with E-state index in [0.29, 0.717) is 12.6 Å². The SMILES string of the molecule is C=C(OCC)c1ccc2c(c1)CCC2NCC. The number of aryl methyl sites for hydroxylation is 1. The molecule has 2 heteroatoms. The zero-order chi connectivity index (χ0) is 12.3. The van der Waals surface area contributed by atoms with Crippen LogP contribution < -0.4 is 5.32 Å². The summed E-state index contributed by atoms with van der Waals surface area (Å²) in [6.07, 6.45) is 2.36. The summed E-state index contributed by atoms with van der Waals surface area (Å²) in [5, 5.41) is 3.52. The Morgan fingerprint density at radius 2 is 2.29 bits per heavy atom. The van der Waals surface area contributed by atoms with Crippen molar-refractivity contribution in [2.45, 2.75) is 32.7 Å². The molecule has 1 N–H and O–H groups in total. The highest BCUT2D eigenvalue weighted by atomic mass is 16.5. The molecule has 0 amide bonds. The minimum absolute atomic E-state index is 0.532. The van der Waals surface area contributed by atoms with Crippen LogP contribution in [0.15, 0.2) is 24.8 Å².